The molecule has 20 heavy (non-hydrogen) atoms. The van der Waals surface area contributed by atoms with Gasteiger partial charge in [-0.1, -0.05) is 36.5 Å². The molecule has 1 fully saturated rings. The Morgan fingerprint density at radius 3 is 2.70 bits per heavy atom. The molecule has 0 bridgehead atoms. The molecule has 2 rings (SSSR count). The van der Waals surface area contributed by atoms with Crippen LogP contribution in [0.2, 0.25) is 0 Å². The summed E-state index contributed by atoms with van der Waals surface area (Å²) in [5, 5.41) is 2.97. The Kier molecular flexibility index (Phi) is 5.09. The predicted molar refractivity (Wildman–Crippen MR) is 82.6 cm³/mol. The smallest absolute Gasteiger partial charge is 0.224 e. The molecule has 2 unspecified atom stereocenters. The molecule has 1 saturated heterocycles. The van der Waals surface area contributed by atoms with Crippen LogP contribution in [0.4, 0.5) is 0 Å². The molecule has 1 aromatic carbocycles. The molecule has 108 valence electrons. The fraction of sp³-hybridized carbons (Fsp3) is 0.467. The van der Waals surface area contributed by atoms with Gasteiger partial charge in [0.15, 0.2) is 0 Å². The van der Waals surface area contributed by atoms with Gasteiger partial charge in [0.2, 0.25) is 5.91 Å². The number of benzene rings is 1. The van der Waals surface area contributed by atoms with E-state index in [1.807, 2.05) is 24.3 Å². The van der Waals surface area contributed by atoms with Crippen molar-refractivity contribution >= 4 is 23.1 Å². The second-order valence-corrected chi connectivity index (χ2v) is 5.61. The van der Waals surface area contributed by atoms with E-state index in [1.165, 1.54) is 0 Å². The zero-order valence-corrected chi connectivity index (χ0v) is 12.4. The van der Waals surface area contributed by atoms with Crippen LogP contribution >= 0.6 is 12.2 Å². The van der Waals surface area contributed by atoms with E-state index in [1.54, 1.807) is 0 Å². The molecule has 2 atom stereocenters. The SMILES string of the molecule is CC1OCCC1CNC(=O)Cc1ccc(C(N)=S)cc1. The van der Waals surface area contributed by atoms with Crippen molar-refractivity contribution in [3.05, 3.63) is 35.4 Å². The number of rotatable bonds is 5. The van der Waals surface area contributed by atoms with Crippen molar-refractivity contribution in [2.24, 2.45) is 11.7 Å². The number of nitrogens with two attached hydrogens (primary N) is 1. The Labute approximate surface area is 124 Å². The lowest BCUT2D eigenvalue weighted by atomic mass is 10.0. The van der Waals surface area contributed by atoms with Gasteiger partial charge in [-0.25, -0.2) is 0 Å². The van der Waals surface area contributed by atoms with Crippen LogP contribution < -0.4 is 11.1 Å². The van der Waals surface area contributed by atoms with Crippen LogP contribution in [0.3, 0.4) is 0 Å². The topological polar surface area (TPSA) is 64.3 Å². The van der Waals surface area contributed by atoms with Gasteiger partial charge in [-0.15, -0.1) is 0 Å². The number of carbonyl (C=O) groups excluding carboxylic acids is 1. The van der Waals surface area contributed by atoms with Crippen molar-refractivity contribution in [2.75, 3.05) is 13.2 Å². The van der Waals surface area contributed by atoms with Crippen LogP contribution in [0.25, 0.3) is 0 Å². The molecular weight excluding hydrogens is 272 g/mol. The molecule has 5 heteroatoms. The summed E-state index contributed by atoms with van der Waals surface area (Å²) >= 11 is 4.89. The summed E-state index contributed by atoms with van der Waals surface area (Å²) in [6.07, 6.45) is 1.63. The first-order valence-electron chi connectivity index (χ1n) is 6.83. The fourth-order valence-electron chi connectivity index (χ4n) is 2.32. The lowest BCUT2D eigenvalue weighted by molar-refractivity contribution is -0.120. The molecule has 0 radical (unpaired) electrons. The standard InChI is InChI=1S/C15H20N2O2S/c1-10-13(6-7-19-10)9-17-14(18)8-11-2-4-12(5-3-11)15(16)20/h2-5,10,13H,6-9H2,1H3,(H2,16,20)(H,17,18). The number of ether oxygens (including phenoxy) is 1. The molecule has 1 aliphatic rings. The summed E-state index contributed by atoms with van der Waals surface area (Å²) in [6.45, 7) is 3.53. The lowest BCUT2D eigenvalue weighted by Crippen LogP contribution is -2.32. The van der Waals surface area contributed by atoms with Crippen LogP contribution in [-0.4, -0.2) is 30.2 Å². The number of hydrogen-bond donors (Lipinski definition) is 2. The molecular formula is C15H20N2O2S. The molecule has 0 saturated carbocycles. The second kappa shape index (κ2) is 6.81. The van der Waals surface area contributed by atoms with Crippen LogP contribution in [0.5, 0.6) is 0 Å². The van der Waals surface area contributed by atoms with Gasteiger partial charge in [0.25, 0.3) is 0 Å². The number of thiocarbonyl (C=S) groups is 1. The van der Waals surface area contributed by atoms with E-state index >= 15 is 0 Å². The molecule has 1 aromatic rings. The molecule has 1 aliphatic heterocycles. The zero-order valence-electron chi connectivity index (χ0n) is 11.6. The summed E-state index contributed by atoms with van der Waals surface area (Å²) in [5.41, 5.74) is 7.31. The van der Waals surface area contributed by atoms with Crippen LogP contribution in [-0.2, 0) is 16.0 Å². The average Bonchev–Trinajstić information content (AvgIpc) is 2.82. The predicted octanol–water partition coefficient (Wildman–Crippen LogP) is 1.40. The molecule has 4 nitrogen and oxygen atoms in total. The van der Waals surface area contributed by atoms with Crippen molar-refractivity contribution in [3.63, 3.8) is 0 Å². The maximum absolute atomic E-state index is 11.9. The van der Waals surface area contributed by atoms with Crippen LogP contribution in [0.15, 0.2) is 24.3 Å². The summed E-state index contributed by atoms with van der Waals surface area (Å²) in [4.78, 5) is 12.3. The van der Waals surface area contributed by atoms with Gasteiger partial charge in [-0.05, 0) is 18.9 Å². The Morgan fingerprint density at radius 2 is 2.15 bits per heavy atom. The largest absolute Gasteiger partial charge is 0.389 e. The van der Waals surface area contributed by atoms with E-state index in [0.29, 0.717) is 23.9 Å². The highest BCUT2D eigenvalue weighted by atomic mass is 32.1. The average molecular weight is 292 g/mol. The third-order valence-corrected chi connectivity index (χ3v) is 3.93. The highest BCUT2D eigenvalue weighted by molar-refractivity contribution is 7.80. The third kappa shape index (κ3) is 4.02. The van der Waals surface area contributed by atoms with Crippen LogP contribution in [0.1, 0.15) is 24.5 Å². The molecule has 0 aliphatic carbocycles. The second-order valence-electron chi connectivity index (χ2n) is 5.17. The number of carbonyl (C=O) groups is 1. The fourth-order valence-corrected chi connectivity index (χ4v) is 2.46. The van der Waals surface area contributed by atoms with Gasteiger partial charge in [0.1, 0.15) is 4.99 Å². The highest BCUT2D eigenvalue weighted by Crippen LogP contribution is 2.19. The number of hydrogen-bond acceptors (Lipinski definition) is 3. The maximum atomic E-state index is 11.9. The summed E-state index contributed by atoms with van der Waals surface area (Å²) in [6, 6.07) is 7.46. The van der Waals surface area contributed by atoms with Gasteiger partial charge in [0.05, 0.1) is 12.5 Å². The van der Waals surface area contributed by atoms with E-state index in [-0.39, 0.29) is 12.0 Å². The van der Waals surface area contributed by atoms with Crippen LogP contribution in [0, 0.1) is 5.92 Å². The summed E-state index contributed by atoms with van der Waals surface area (Å²) in [5.74, 6) is 0.461. The molecule has 0 spiro atoms. The molecule has 1 heterocycles. The monoisotopic (exact) mass is 292 g/mol. The molecule has 3 N–H and O–H groups in total. The van der Waals surface area contributed by atoms with Gasteiger partial charge in [0, 0.05) is 24.6 Å². The third-order valence-electron chi connectivity index (χ3n) is 3.70. The van der Waals surface area contributed by atoms with Gasteiger partial charge >= 0.3 is 0 Å². The Hall–Kier alpha value is -1.46. The van der Waals surface area contributed by atoms with Gasteiger partial charge in [-0.3, -0.25) is 4.79 Å². The molecule has 1 amide bonds. The summed E-state index contributed by atoms with van der Waals surface area (Å²) in [7, 11) is 0. The van der Waals surface area contributed by atoms with Crippen molar-refractivity contribution in [2.45, 2.75) is 25.9 Å². The normalized spacial score (nSPS) is 21.6. The van der Waals surface area contributed by atoms with Gasteiger partial charge < -0.3 is 15.8 Å². The van der Waals surface area contributed by atoms with E-state index in [2.05, 4.69) is 12.2 Å². The zero-order chi connectivity index (χ0) is 14.5. The van der Waals surface area contributed by atoms with Gasteiger partial charge in [-0.2, -0.15) is 0 Å². The Balaban J connectivity index is 1.80. The maximum Gasteiger partial charge on any atom is 0.224 e. The van der Waals surface area contributed by atoms with Crippen molar-refractivity contribution in [1.29, 1.82) is 0 Å². The first kappa shape index (κ1) is 14.9. The van der Waals surface area contributed by atoms with Crippen molar-refractivity contribution in [3.8, 4) is 0 Å². The number of nitrogens with one attached hydrogen (secondary N) is 1. The Bertz CT molecular complexity index is 487. The first-order valence-corrected chi connectivity index (χ1v) is 7.24. The van der Waals surface area contributed by atoms with E-state index in [4.69, 9.17) is 22.7 Å². The van der Waals surface area contributed by atoms with E-state index < -0.39 is 0 Å². The van der Waals surface area contributed by atoms with E-state index in [0.717, 1.165) is 24.2 Å². The van der Waals surface area contributed by atoms with E-state index in [9.17, 15) is 4.79 Å². The minimum atomic E-state index is 0.0344. The first-order chi connectivity index (χ1) is 9.56. The van der Waals surface area contributed by atoms with Crippen molar-refractivity contribution in [1.82, 2.24) is 5.32 Å². The quantitative estimate of drug-likeness (QED) is 0.805. The minimum Gasteiger partial charge on any atom is -0.389 e. The van der Waals surface area contributed by atoms with Crippen molar-refractivity contribution < 1.29 is 9.53 Å². The molecule has 0 aromatic heterocycles. The minimum absolute atomic E-state index is 0.0344. The highest BCUT2D eigenvalue weighted by Gasteiger charge is 2.24. The summed E-state index contributed by atoms with van der Waals surface area (Å²) < 4.78 is 5.48. The lowest BCUT2D eigenvalue weighted by Gasteiger charge is -2.14. The number of amides is 1. The Morgan fingerprint density at radius 1 is 1.45 bits per heavy atom.